The van der Waals surface area contributed by atoms with E-state index >= 15 is 0 Å². The fourth-order valence-corrected chi connectivity index (χ4v) is 1.53. The molecule has 15 heavy (non-hydrogen) atoms. The third-order valence-electron chi connectivity index (χ3n) is 2.02. The molecule has 0 aliphatic rings. The highest BCUT2D eigenvalue weighted by molar-refractivity contribution is 7.99. The van der Waals surface area contributed by atoms with Gasteiger partial charge in [-0.3, -0.25) is 4.79 Å². The first-order valence-corrected chi connectivity index (χ1v) is 6.17. The van der Waals surface area contributed by atoms with E-state index < -0.39 is 0 Å². The first kappa shape index (κ1) is 14.9. The summed E-state index contributed by atoms with van der Waals surface area (Å²) in [6.07, 6.45) is 3.35. The molecule has 0 saturated heterocycles. The molecule has 0 radical (unpaired) electrons. The zero-order chi connectivity index (χ0) is 11.8. The van der Waals surface area contributed by atoms with E-state index in [-0.39, 0.29) is 16.7 Å². The van der Waals surface area contributed by atoms with E-state index in [4.69, 9.17) is 4.74 Å². The molecule has 0 saturated carbocycles. The minimum Gasteiger partial charge on any atom is -0.462 e. The lowest BCUT2D eigenvalue weighted by molar-refractivity contribution is -0.151. The Labute approximate surface area is 103 Å². The Kier molecular flexibility index (Phi) is 8.06. The van der Waals surface area contributed by atoms with E-state index in [0.29, 0.717) is 25.2 Å². The fraction of sp³-hybridized carbons (Fsp3) is 0.727. The number of ether oxygens (including phenoxy) is 1. The Morgan fingerprint density at radius 3 is 2.47 bits per heavy atom. The summed E-state index contributed by atoms with van der Waals surface area (Å²) in [5, 5.41) is 0. The molecular weight excluding hydrogens is 228 g/mol. The second-order valence-corrected chi connectivity index (χ2v) is 5.47. The van der Waals surface area contributed by atoms with E-state index in [1.807, 2.05) is 13.8 Å². The molecule has 0 aromatic carbocycles. The smallest absolute Gasteiger partial charge is 0.306 e. The fourth-order valence-electron chi connectivity index (χ4n) is 1.11. The summed E-state index contributed by atoms with van der Waals surface area (Å²) in [4.78, 5) is 11.4. The molecule has 1 atom stereocenters. The Balaban J connectivity index is 4.04. The number of carbonyl (C=O) groups excluding carboxylic acids is 1. The molecule has 0 fully saturated rings. The van der Waals surface area contributed by atoms with Gasteiger partial charge in [-0.05, 0) is 12.3 Å². The lowest BCUT2D eigenvalue weighted by Crippen LogP contribution is -2.25. The van der Waals surface area contributed by atoms with Crippen LogP contribution in [0.1, 0.15) is 33.1 Å². The molecule has 4 heteroatoms. The first-order chi connectivity index (χ1) is 6.97. The van der Waals surface area contributed by atoms with Crippen LogP contribution in [-0.4, -0.2) is 16.7 Å². The quantitative estimate of drug-likeness (QED) is 0.313. The molecular formula is C11H20O2S2. The molecule has 0 N–H and O–H groups in total. The van der Waals surface area contributed by atoms with Gasteiger partial charge in [0.25, 0.3) is 0 Å². The number of rotatable bonds is 7. The molecule has 2 nitrogen and oxygen atoms in total. The van der Waals surface area contributed by atoms with Crippen LogP contribution in [0.4, 0.5) is 0 Å². The van der Waals surface area contributed by atoms with E-state index in [9.17, 15) is 4.79 Å². The monoisotopic (exact) mass is 248 g/mol. The zero-order valence-electron chi connectivity index (χ0n) is 9.35. The summed E-state index contributed by atoms with van der Waals surface area (Å²) in [6.45, 7) is 7.61. The molecule has 0 heterocycles. The molecule has 0 rings (SSSR count). The number of hydrogen-bond donors (Lipinski definition) is 2. The summed E-state index contributed by atoms with van der Waals surface area (Å²) < 4.78 is 5.29. The standard InChI is InChI=1S/C11H20O2S2/c1-4-5-6-10(12)13-9(8(2)3)7-11(14)15/h4,8-9,11,14-15H,1,5-7H2,2-3H3. The highest BCUT2D eigenvalue weighted by atomic mass is 32.2. The third-order valence-corrected chi connectivity index (χ3v) is 2.44. The van der Waals surface area contributed by atoms with Crippen molar-refractivity contribution in [1.82, 2.24) is 0 Å². The Bertz CT molecular complexity index is 203. The zero-order valence-corrected chi connectivity index (χ0v) is 11.1. The molecule has 0 spiro atoms. The van der Waals surface area contributed by atoms with Crippen LogP contribution in [-0.2, 0) is 9.53 Å². The van der Waals surface area contributed by atoms with Crippen molar-refractivity contribution < 1.29 is 9.53 Å². The van der Waals surface area contributed by atoms with E-state index in [1.165, 1.54) is 0 Å². The van der Waals surface area contributed by atoms with E-state index in [2.05, 4.69) is 31.8 Å². The third kappa shape index (κ3) is 7.79. The van der Waals surface area contributed by atoms with Gasteiger partial charge in [0, 0.05) is 17.4 Å². The number of esters is 1. The molecule has 0 aromatic heterocycles. The van der Waals surface area contributed by atoms with Crippen molar-refractivity contribution in [1.29, 1.82) is 0 Å². The van der Waals surface area contributed by atoms with Crippen LogP contribution in [0.2, 0.25) is 0 Å². The Hall–Kier alpha value is -0.0900. The molecule has 0 aromatic rings. The Morgan fingerprint density at radius 1 is 1.47 bits per heavy atom. The van der Waals surface area contributed by atoms with Gasteiger partial charge in [-0.1, -0.05) is 19.9 Å². The molecule has 1 unspecified atom stereocenters. The number of thiol groups is 2. The van der Waals surface area contributed by atoms with Crippen molar-refractivity contribution in [3.05, 3.63) is 12.7 Å². The number of carbonyl (C=O) groups is 1. The molecule has 0 bridgehead atoms. The largest absolute Gasteiger partial charge is 0.462 e. The predicted octanol–water partition coefficient (Wildman–Crippen LogP) is 3.10. The van der Waals surface area contributed by atoms with Crippen molar-refractivity contribution >= 4 is 31.2 Å². The van der Waals surface area contributed by atoms with Gasteiger partial charge in [0.15, 0.2) is 0 Å². The van der Waals surface area contributed by atoms with Crippen LogP contribution in [0, 0.1) is 5.92 Å². The SMILES string of the molecule is C=CCCC(=O)OC(CC(S)S)C(C)C. The first-order valence-electron chi connectivity index (χ1n) is 5.13. The maximum atomic E-state index is 11.4. The minimum atomic E-state index is -0.170. The molecule has 0 aliphatic carbocycles. The van der Waals surface area contributed by atoms with Gasteiger partial charge in [0.05, 0.1) is 0 Å². The second kappa shape index (κ2) is 8.11. The van der Waals surface area contributed by atoms with Gasteiger partial charge in [-0.25, -0.2) is 0 Å². The van der Waals surface area contributed by atoms with Gasteiger partial charge in [-0.15, -0.1) is 6.58 Å². The van der Waals surface area contributed by atoms with E-state index in [0.717, 1.165) is 0 Å². The topological polar surface area (TPSA) is 26.3 Å². The van der Waals surface area contributed by atoms with Gasteiger partial charge in [-0.2, -0.15) is 25.3 Å². The van der Waals surface area contributed by atoms with Crippen LogP contribution in [0.15, 0.2) is 12.7 Å². The van der Waals surface area contributed by atoms with Gasteiger partial charge in [0.2, 0.25) is 0 Å². The van der Waals surface area contributed by atoms with Crippen LogP contribution in [0.3, 0.4) is 0 Å². The van der Waals surface area contributed by atoms with Crippen LogP contribution < -0.4 is 0 Å². The highest BCUT2D eigenvalue weighted by Crippen LogP contribution is 2.18. The van der Waals surface area contributed by atoms with Crippen molar-refractivity contribution in [2.24, 2.45) is 5.92 Å². The average molecular weight is 248 g/mol. The summed E-state index contributed by atoms with van der Waals surface area (Å²) in [6, 6.07) is 0. The summed E-state index contributed by atoms with van der Waals surface area (Å²) >= 11 is 8.36. The maximum Gasteiger partial charge on any atom is 0.306 e. The Morgan fingerprint density at radius 2 is 2.07 bits per heavy atom. The molecule has 0 amide bonds. The van der Waals surface area contributed by atoms with Crippen LogP contribution >= 0.6 is 25.3 Å². The van der Waals surface area contributed by atoms with Crippen molar-refractivity contribution in [2.45, 2.75) is 43.8 Å². The average Bonchev–Trinajstić information content (AvgIpc) is 2.12. The summed E-state index contributed by atoms with van der Waals surface area (Å²) in [5.74, 6) is 0.121. The maximum absolute atomic E-state index is 11.4. The van der Waals surface area contributed by atoms with E-state index in [1.54, 1.807) is 6.08 Å². The number of allylic oxidation sites excluding steroid dienone is 1. The van der Waals surface area contributed by atoms with Crippen molar-refractivity contribution in [2.75, 3.05) is 0 Å². The molecule has 0 aliphatic heterocycles. The normalized spacial score (nSPS) is 12.9. The van der Waals surface area contributed by atoms with Crippen molar-refractivity contribution in [3.8, 4) is 0 Å². The van der Waals surface area contributed by atoms with Gasteiger partial charge in [0.1, 0.15) is 6.10 Å². The second-order valence-electron chi connectivity index (χ2n) is 3.82. The lowest BCUT2D eigenvalue weighted by atomic mass is 10.1. The van der Waals surface area contributed by atoms with Gasteiger partial charge >= 0.3 is 5.97 Å². The summed E-state index contributed by atoms with van der Waals surface area (Å²) in [7, 11) is 0. The summed E-state index contributed by atoms with van der Waals surface area (Å²) in [5.41, 5.74) is 0. The lowest BCUT2D eigenvalue weighted by Gasteiger charge is -2.22. The van der Waals surface area contributed by atoms with Gasteiger partial charge < -0.3 is 4.74 Å². The minimum absolute atomic E-state index is 0.0513. The van der Waals surface area contributed by atoms with Crippen molar-refractivity contribution in [3.63, 3.8) is 0 Å². The van der Waals surface area contributed by atoms with Crippen LogP contribution in [0.5, 0.6) is 0 Å². The number of hydrogen-bond acceptors (Lipinski definition) is 4. The molecule has 88 valence electrons. The highest BCUT2D eigenvalue weighted by Gasteiger charge is 2.19. The van der Waals surface area contributed by atoms with Crippen LogP contribution in [0.25, 0.3) is 0 Å². The predicted molar refractivity (Wildman–Crippen MR) is 70.5 cm³/mol.